The van der Waals surface area contributed by atoms with Gasteiger partial charge >= 0.3 is 0 Å². The minimum atomic E-state index is 0.599. The molecule has 198 valence electrons. The Labute approximate surface area is 239 Å². The summed E-state index contributed by atoms with van der Waals surface area (Å²) < 4.78 is 0. The molecule has 0 radical (unpaired) electrons. The van der Waals surface area contributed by atoms with Crippen molar-refractivity contribution in [2.75, 3.05) is 0 Å². The molecule has 0 unspecified atom stereocenters. The van der Waals surface area contributed by atoms with Gasteiger partial charge in [-0.3, -0.25) is 0 Å². The molecule has 0 fully saturated rings. The fourth-order valence-corrected chi connectivity index (χ4v) is 6.00. The van der Waals surface area contributed by atoms with E-state index in [-0.39, 0.29) is 0 Å². The van der Waals surface area contributed by atoms with E-state index in [4.69, 9.17) is 29.9 Å². The van der Waals surface area contributed by atoms with Crippen LogP contribution in [0.1, 0.15) is 11.1 Å². The maximum Gasteiger partial charge on any atom is 0.164 e. The van der Waals surface area contributed by atoms with Crippen LogP contribution in [0.3, 0.4) is 0 Å². The zero-order valence-corrected chi connectivity index (χ0v) is 22.8. The van der Waals surface area contributed by atoms with Gasteiger partial charge in [0.25, 0.3) is 0 Å². The summed E-state index contributed by atoms with van der Waals surface area (Å²) in [6.07, 6.45) is 0. The predicted molar refractivity (Wildman–Crippen MR) is 166 cm³/mol. The lowest BCUT2D eigenvalue weighted by Gasteiger charge is -2.01. The van der Waals surface area contributed by atoms with Crippen LogP contribution in [-0.2, 0) is 0 Å². The molecule has 9 rings (SSSR count). The van der Waals surface area contributed by atoms with E-state index >= 15 is 0 Å². The molecule has 7 aromatic rings. The second kappa shape index (κ2) is 8.37. The number of hydrogen-bond donors (Lipinski definition) is 2. The quantitative estimate of drug-likeness (QED) is 0.206. The van der Waals surface area contributed by atoms with Crippen LogP contribution < -0.4 is 0 Å². The van der Waals surface area contributed by atoms with Gasteiger partial charge in [0.05, 0.1) is 0 Å². The number of nitrogens with zero attached hydrogens (tertiary/aromatic N) is 6. The maximum absolute atomic E-state index is 5.12. The van der Waals surface area contributed by atoms with Gasteiger partial charge in [-0.05, 0) is 25.0 Å². The average molecular weight is 543 g/mol. The first-order chi connectivity index (χ1) is 20.6. The van der Waals surface area contributed by atoms with Crippen molar-refractivity contribution in [1.82, 2.24) is 39.9 Å². The number of nitrogens with one attached hydrogen (secondary N) is 2. The molecule has 0 atom stereocenters. The average Bonchev–Trinajstić information content (AvgIpc) is 3.74. The first kappa shape index (κ1) is 23.0. The van der Waals surface area contributed by atoms with Crippen molar-refractivity contribution in [3.8, 4) is 45.6 Å². The third-order valence-electron chi connectivity index (χ3n) is 8.25. The topological polar surface area (TPSA) is 109 Å². The number of aromatic amines is 2. The second-order valence-corrected chi connectivity index (χ2v) is 10.7. The Morgan fingerprint density at radius 1 is 0.405 bits per heavy atom. The summed E-state index contributed by atoms with van der Waals surface area (Å²) in [5, 5.41) is 3.91. The first-order valence-electron chi connectivity index (χ1n) is 13.8. The predicted octanol–water partition coefficient (Wildman–Crippen LogP) is 7.49. The Morgan fingerprint density at radius 2 is 0.810 bits per heavy atom. The first-order valence-corrected chi connectivity index (χ1v) is 13.8. The van der Waals surface area contributed by atoms with Gasteiger partial charge in [0.2, 0.25) is 0 Å². The third kappa shape index (κ3) is 3.23. The summed E-state index contributed by atoms with van der Waals surface area (Å²) in [4.78, 5) is 37.2. The van der Waals surface area contributed by atoms with Crippen LogP contribution in [0.25, 0.3) is 89.7 Å². The minimum absolute atomic E-state index is 0.599. The highest BCUT2D eigenvalue weighted by Gasteiger charge is 2.22. The number of benzene rings is 4. The summed E-state index contributed by atoms with van der Waals surface area (Å²) in [6, 6.07) is 28.5. The number of hydrogen-bond acceptors (Lipinski definition) is 6. The number of aromatic nitrogens is 8. The molecule has 0 aliphatic carbocycles. The third-order valence-corrected chi connectivity index (χ3v) is 8.25. The van der Waals surface area contributed by atoms with Crippen LogP contribution in [-0.4, -0.2) is 39.9 Å². The molecule has 3 aromatic heterocycles. The molecule has 8 nitrogen and oxygen atoms in total. The Bertz CT molecular complexity index is 2450. The van der Waals surface area contributed by atoms with E-state index in [0.29, 0.717) is 45.9 Å². The Balaban J connectivity index is 1.52. The summed E-state index contributed by atoms with van der Waals surface area (Å²) in [5.41, 5.74) is 8.82. The number of aryl methyl sites for hydroxylation is 2. The molecule has 4 aromatic carbocycles. The standard InChI is InChI=1S/C34H22N8/c1-17-15-16-25-26(18(17)2)34-41-32-24-14-8-7-13-23(24)30(39-32)37-28-20-10-4-3-9-19(20)27(35-28)36-29-21-11-5-6-12-22(21)31(38-29)40-33(25)42-34/h3-16H,1-2H3,(H2,35,36,37,38,39,40,41,42). The second-order valence-electron chi connectivity index (χ2n) is 10.7. The van der Waals surface area contributed by atoms with Gasteiger partial charge in [0.1, 0.15) is 22.6 Å². The molecule has 5 heterocycles. The van der Waals surface area contributed by atoms with Gasteiger partial charge in [-0.15, -0.1) is 0 Å². The van der Waals surface area contributed by atoms with Crippen molar-refractivity contribution in [3.05, 3.63) is 96.1 Å². The van der Waals surface area contributed by atoms with Gasteiger partial charge < -0.3 is 9.97 Å². The molecule has 42 heavy (non-hydrogen) atoms. The molecule has 0 amide bonds. The number of H-pyrrole nitrogens is 2. The Morgan fingerprint density at radius 3 is 1.31 bits per heavy atom. The van der Waals surface area contributed by atoms with Gasteiger partial charge in [0.15, 0.2) is 23.3 Å². The highest BCUT2D eigenvalue weighted by Crippen LogP contribution is 2.37. The van der Waals surface area contributed by atoms with Crippen LogP contribution in [0.15, 0.2) is 84.9 Å². The Hall–Kier alpha value is -5.76. The lowest BCUT2D eigenvalue weighted by atomic mass is 10.0. The Kier molecular flexibility index (Phi) is 4.58. The molecule has 2 N–H and O–H groups in total. The smallest absolute Gasteiger partial charge is 0.164 e. The largest absolute Gasteiger partial charge is 0.324 e. The molecule has 2 aliphatic heterocycles. The van der Waals surface area contributed by atoms with Crippen molar-refractivity contribution >= 4 is 44.1 Å². The van der Waals surface area contributed by atoms with E-state index < -0.39 is 0 Å². The van der Waals surface area contributed by atoms with Crippen LogP contribution in [0.2, 0.25) is 0 Å². The van der Waals surface area contributed by atoms with E-state index in [1.165, 1.54) is 5.56 Å². The van der Waals surface area contributed by atoms with Gasteiger partial charge in [-0.1, -0.05) is 84.9 Å². The van der Waals surface area contributed by atoms with Crippen LogP contribution in [0.4, 0.5) is 0 Å². The zero-order chi connectivity index (χ0) is 27.9. The maximum atomic E-state index is 5.12. The molecule has 2 aliphatic rings. The molecule has 0 spiro atoms. The normalized spacial score (nSPS) is 12.0. The molecular weight excluding hydrogens is 520 g/mol. The molecule has 0 saturated carbocycles. The van der Waals surface area contributed by atoms with Crippen molar-refractivity contribution < 1.29 is 0 Å². The fraction of sp³-hybridized carbons (Fsp3) is 0.0588. The number of fused-ring (bicyclic) bond motifs is 20. The monoisotopic (exact) mass is 542 g/mol. The lowest BCUT2D eigenvalue weighted by molar-refractivity contribution is 1.19. The van der Waals surface area contributed by atoms with Gasteiger partial charge in [-0.25, -0.2) is 29.9 Å². The summed E-state index contributed by atoms with van der Waals surface area (Å²) in [5.74, 6) is 2.40. The van der Waals surface area contributed by atoms with Gasteiger partial charge in [-0.2, -0.15) is 0 Å². The van der Waals surface area contributed by atoms with Crippen LogP contribution in [0, 0.1) is 13.8 Å². The number of rotatable bonds is 0. The van der Waals surface area contributed by atoms with Crippen molar-refractivity contribution in [2.24, 2.45) is 0 Å². The molecular formula is C34H22N8. The summed E-state index contributed by atoms with van der Waals surface area (Å²) in [7, 11) is 0. The fourth-order valence-electron chi connectivity index (χ4n) is 6.00. The lowest BCUT2D eigenvalue weighted by Crippen LogP contribution is -1.84. The van der Waals surface area contributed by atoms with E-state index in [9.17, 15) is 0 Å². The van der Waals surface area contributed by atoms with Crippen molar-refractivity contribution in [3.63, 3.8) is 0 Å². The SMILES string of the molecule is Cc1ccc2c3nc4nc(nc5[nH]c(nc6nc(nc([nH]3)c2c1C)-c1ccccc1-6)c1ccccc51)-c1ccccc1-4. The van der Waals surface area contributed by atoms with Crippen molar-refractivity contribution in [2.45, 2.75) is 13.8 Å². The van der Waals surface area contributed by atoms with Crippen LogP contribution in [0.5, 0.6) is 0 Å². The van der Waals surface area contributed by atoms with Gasteiger partial charge in [0, 0.05) is 43.8 Å². The van der Waals surface area contributed by atoms with E-state index in [1.54, 1.807) is 0 Å². The molecule has 8 bridgehead atoms. The van der Waals surface area contributed by atoms with E-state index in [2.05, 4.69) is 35.9 Å². The summed E-state index contributed by atoms with van der Waals surface area (Å²) >= 11 is 0. The zero-order valence-electron chi connectivity index (χ0n) is 22.8. The molecule has 0 saturated heterocycles. The van der Waals surface area contributed by atoms with Crippen LogP contribution >= 0.6 is 0 Å². The minimum Gasteiger partial charge on any atom is -0.324 e. The molecule has 8 heteroatoms. The highest BCUT2D eigenvalue weighted by atomic mass is 15.1. The van der Waals surface area contributed by atoms with Crippen molar-refractivity contribution in [1.29, 1.82) is 0 Å². The van der Waals surface area contributed by atoms with E-state index in [0.717, 1.165) is 49.4 Å². The summed E-state index contributed by atoms with van der Waals surface area (Å²) in [6.45, 7) is 4.23. The van der Waals surface area contributed by atoms with E-state index in [1.807, 2.05) is 72.8 Å². The highest BCUT2D eigenvalue weighted by molar-refractivity contribution is 6.07.